The fourth-order valence-corrected chi connectivity index (χ4v) is 5.29. The van der Waals surface area contributed by atoms with E-state index < -0.39 is 10.0 Å². The van der Waals surface area contributed by atoms with Gasteiger partial charge in [-0.2, -0.15) is 4.31 Å². The van der Waals surface area contributed by atoms with Crippen molar-refractivity contribution in [1.29, 1.82) is 0 Å². The molecule has 1 aliphatic rings. The minimum Gasteiger partial charge on any atom is -0.349 e. The SMILES string of the molecule is CC[C@@H](NC(=O)[C@H]1CCCN(S(=O)(=O)c2ccc(Cl)cc2)C1)c1ccc(C)cc1. The van der Waals surface area contributed by atoms with Crippen LogP contribution in [-0.4, -0.2) is 31.7 Å². The van der Waals surface area contributed by atoms with E-state index in [0.29, 0.717) is 24.4 Å². The molecule has 1 N–H and O–H groups in total. The number of sulfonamides is 1. The molecule has 2 atom stereocenters. The molecular formula is C22H27ClN2O3S. The second-order valence-electron chi connectivity index (χ2n) is 7.54. The first kappa shape index (κ1) is 21.8. The predicted octanol–water partition coefficient (Wildman–Crippen LogP) is 4.32. The molecule has 0 spiro atoms. The first-order chi connectivity index (χ1) is 13.8. The number of amides is 1. The van der Waals surface area contributed by atoms with Gasteiger partial charge < -0.3 is 5.32 Å². The summed E-state index contributed by atoms with van der Waals surface area (Å²) in [5, 5.41) is 3.60. The Morgan fingerprint density at radius 2 is 1.83 bits per heavy atom. The fraction of sp³-hybridized carbons (Fsp3) is 0.409. The lowest BCUT2D eigenvalue weighted by molar-refractivity contribution is -0.126. The van der Waals surface area contributed by atoms with Crippen molar-refractivity contribution in [1.82, 2.24) is 9.62 Å². The standard InChI is InChI=1S/C22H27ClN2O3S/c1-3-21(17-8-6-16(2)7-9-17)24-22(26)18-5-4-14-25(15-18)29(27,28)20-12-10-19(23)11-13-20/h6-13,18,21H,3-5,14-15H2,1-2H3,(H,24,26)/t18-,21+/m0/s1. The smallest absolute Gasteiger partial charge is 0.243 e. The average Bonchev–Trinajstić information content (AvgIpc) is 2.73. The fourth-order valence-electron chi connectivity index (χ4n) is 3.64. The summed E-state index contributed by atoms with van der Waals surface area (Å²) in [4.78, 5) is 13.1. The van der Waals surface area contributed by atoms with E-state index in [2.05, 4.69) is 5.32 Å². The predicted molar refractivity (Wildman–Crippen MR) is 115 cm³/mol. The Hall–Kier alpha value is -1.89. The van der Waals surface area contributed by atoms with Gasteiger partial charge in [0.05, 0.1) is 16.9 Å². The van der Waals surface area contributed by atoms with Gasteiger partial charge in [0, 0.05) is 18.1 Å². The molecule has 7 heteroatoms. The molecule has 2 aromatic carbocycles. The Morgan fingerprint density at radius 3 is 2.45 bits per heavy atom. The zero-order valence-corrected chi connectivity index (χ0v) is 18.3. The maximum atomic E-state index is 12.9. The van der Waals surface area contributed by atoms with Gasteiger partial charge in [-0.15, -0.1) is 0 Å². The van der Waals surface area contributed by atoms with Crippen LogP contribution in [0.3, 0.4) is 0 Å². The van der Waals surface area contributed by atoms with Crippen molar-refractivity contribution in [2.45, 2.75) is 44.0 Å². The van der Waals surface area contributed by atoms with Crippen LogP contribution in [0.1, 0.15) is 43.4 Å². The van der Waals surface area contributed by atoms with E-state index in [1.807, 2.05) is 38.1 Å². The van der Waals surface area contributed by atoms with Gasteiger partial charge in [-0.25, -0.2) is 8.42 Å². The van der Waals surface area contributed by atoms with Crippen molar-refractivity contribution in [2.75, 3.05) is 13.1 Å². The topological polar surface area (TPSA) is 66.5 Å². The number of hydrogen-bond donors (Lipinski definition) is 1. The van der Waals surface area contributed by atoms with Gasteiger partial charge in [-0.1, -0.05) is 48.4 Å². The van der Waals surface area contributed by atoms with Crippen LogP contribution in [0.4, 0.5) is 0 Å². The summed E-state index contributed by atoms with van der Waals surface area (Å²) in [6.45, 7) is 4.68. The molecule has 0 saturated carbocycles. The van der Waals surface area contributed by atoms with Crippen LogP contribution < -0.4 is 5.32 Å². The van der Waals surface area contributed by atoms with Crippen LogP contribution in [0.5, 0.6) is 0 Å². The molecule has 2 aromatic rings. The van der Waals surface area contributed by atoms with Crippen LogP contribution in [-0.2, 0) is 14.8 Å². The summed E-state index contributed by atoms with van der Waals surface area (Å²) in [6.07, 6.45) is 2.11. The third kappa shape index (κ3) is 5.18. The number of halogens is 1. The van der Waals surface area contributed by atoms with Gasteiger partial charge in [0.15, 0.2) is 0 Å². The molecule has 0 radical (unpaired) electrons. The molecule has 1 aliphatic heterocycles. The molecule has 1 heterocycles. The number of benzene rings is 2. The van der Waals surface area contributed by atoms with Crippen molar-refractivity contribution in [2.24, 2.45) is 5.92 Å². The monoisotopic (exact) mass is 434 g/mol. The number of nitrogens with one attached hydrogen (secondary N) is 1. The Bertz CT molecular complexity index is 943. The number of hydrogen-bond acceptors (Lipinski definition) is 3. The molecule has 156 valence electrons. The second kappa shape index (κ2) is 9.28. The van der Waals surface area contributed by atoms with Crippen LogP contribution >= 0.6 is 11.6 Å². The molecule has 0 aliphatic carbocycles. The van der Waals surface area contributed by atoms with Crippen molar-refractivity contribution in [3.8, 4) is 0 Å². The zero-order valence-electron chi connectivity index (χ0n) is 16.8. The number of carbonyl (C=O) groups excluding carboxylic acids is 1. The van der Waals surface area contributed by atoms with E-state index in [1.165, 1.54) is 22.0 Å². The average molecular weight is 435 g/mol. The van der Waals surface area contributed by atoms with Crippen LogP contribution in [0.15, 0.2) is 53.4 Å². The molecule has 1 saturated heterocycles. The lowest BCUT2D eigenvalue weighted by Gasteiger charge is -2.32. The summed E-state index contributed by atoms with van der Waals surface area (Å²) >= 11 is 5.87. The van der Waals surface area contributed by atoms with Crippen LogP contribution in [0.2, 0.25) is 5.02 Å². The quantitative estimate of drug-likeness (QED) is 0.736. The van der Waals surface area contributed by atoms with E-state index in [1.54, 1.807) is 12.1 Å². The Balaban J connectivity index is 1.70. The van der Waals surface area contributed by atoms with Gasteiger partial charge in [0.2, 0.25) is 15.9 Å². The van der Waals surface area contributed by atoms with Crippen molar-refractivity contribution >= 4 is 27.5 Å². The summed E-state index contributed by atoms with van der Waals surface area (Å²) in [6, 6.07) is 14.2. The highest BCUT2D eigenvalue weighted by Crippen LogP contribution is 2.26. The summed E-state index contributed by atoms with van der Waals surface area (Å²) in [5.41, 5.74) is 2.23. The van der Waals surface area contributed by atoms with E-state index in [-0.39, 0.29) is 29.3 Å². The lowest BCUT2D eigenvalue weighted by atomic mass is 9.97. The molecule has 0 bridgehead atoms. The van der Waals surface area contributed by atoms with Gasteiger partial charge in [-0.05, 0) is 56.0 Å². The summed E-state index contributed by atoms with van der Waals surface area (Å²) < 4.78 is 27.3. The Morgan fingerprint density at radius 1 is 1.17 bits per heavy atom. The maximum absolute atomic E-state index is 12.9. The normalized spacial score (nSPS) is 18.9. The largest absolute Gasteiger partial charge is 0.349 e. The highest BCUT2D eigenvalue weighted by molar-refractivity contribution is 7.89. The third-order valence-corrected chi connectivity index (χ3v) is 7.54. The number of nitrogens with zero attached hydrogens (tertiary/aromatic N) is 1. The summed E-state index contributed by atoms with van der Waals surface area (Å²) in [7, 11) is -3.64. The molecule has 0 unspecified atom stereocenters. The Kier molecular flexibility index (Phi) is 6.98. The van der Waals surface area contributed by atoms with Crippen molar-refractivity contribution < 1.29 is 13.2 Å². The van der Waals surface area contributed by atoms with Crippen molar-refractivity contribution in [3.63, 3.8) is 0 Å². The van der Waals surface area contributed by atoms with Gasteiger partial charge in [-0.3, -0.25) is 4.79 Å². The molecule has 3 rings (SSSR count). The van der Waals surface area contributed by atoms with E-state index in [0.717, 1.165) is 12.0 Å². The van der Waals surface area contributed by atoms with Crippen LogP contribution in [0, 0.1) is 12.8 Å². The summed E-state index contributed by atoms with van der Waals surface area (Å²) in [5.74, 6) is -0.446. The van der Waals surface area contributed by atoms with Crippen LogP contribution in [0.25, 0.3) is 0 Å². The minimum atomic E-state index is -3.64. The maximum Gasteiger partial charge on any atom is 0.243 e. The second-order valence-corrected chi connectivity index (χ2v) is 9.91. The van der Waals surface area contributed by atoms with E-state index in [4.69, 9.17) is 11.6 Å². The molecule has 1 fully saturated rings. The highest BCUT2D eigenvalue weighted by atomic mass is 35.5. The number of piperidine rings is 1. The van der Waals surface area contributed by atoms with E-state index >= 15 is 0 Å². The van der Waals surface area contributed by atoms with E-state index in [9.17, 15) is 13.2 Å². The number of carbonyl (C=O) groups is 1. The molecular weight excluding hydrogens is 408 g/mol. The Labute approximate surface area is 178 Å². The zero-order chi connectivity index (χ0) is 21.0. The first-order valence-electron chi connectivity index (χ1n) is 9.94. The van der Waals surface area contributed by atoms with Gasteiger partial charge >= 0.3 is 0 Å². The molecule has 29 heavy (non-hydrogen) atoms. The highest BCUT2D eigenvalue weighted by Gasteiger charge is 2.33. The molecule has 1 amide bonds. The minimum absolute atomic E-state index is 0.0775. The van der Waals surface area contributed by atoms with Gasteiger partial charge in [0.1, 0.15) is 0 Å². The molecule has 0 aromatic heterocycles. The first-order valence-corrected chi connectivity index (χ1v) is 11.8. The van der Waals surface area contributed by atoms with Crippen molar-refractivity contribution in [3.05, 3.63) is 64.7 Å². The lowest BCUT2D eigenvalue weighted by Crippen LogP contribution is -2.46. The number of rotatable bonds is 6. The molecule has 5 nitrogen and oxygen atoms in total. The number of aryl methyl sites for hydroxylation is 1. The van der Waals surface area contributed by atoms with Gasteiger partial charge in [0.25, 0.3) is 0 Å². The third-order valence-electron chi connectivity index (χ3n) is 5.41.